The summed E-state index contributed by atoms with van der Waals surface area (Å²) < 4.78 is 10.4. The van der Waals surface area contributed by atoms with Gasteiger partial charge in [0.2, 0.25) is 5.89 Å². The summed E-state index contributed by atoms with van der Waals surface area (Å²) in [6, 6.07) is 8.85. The first kappa shape index (κ1) is 18.0. The van der Waals surface area contributed by atoms with E-state index in [9.17, 15) is 9.59 Å². The Hall–Kier alpha value is -2.35. The monoisotopic (exact) mass is 349 g/mol. The van der Waals surface area contributed by atoms with Crippen molar-refractivity contribution in [2.45, 2.75) is 37.3 Å². The van der Waals surface area contributed by atoms with Crippen LogP contribution >= 0.6 is 11.8 Å². The van der Waals surface area contributed by atoms with E-state index in [-0.39, 0.29) is 29.5 Å². The number of carbonyl (C=O) groups is 2. The number of carbonyl (C=O) groups excluding carboxylic acids is 2. The fourth-order valence-corrected chi connectivity index (χ4v) is 2.67. The highest BCUT2D eigenvalue weighted by molar-refractivity contribution is 8.00. The summed E-state index contributed by atoms with van der Waals surface area (Å²) in [4.78, 5) is 23.7. The molecule has 128 valence electrons. The van der Waals surface area contributed by atoms with Crippen molar-refractivity contribution >= 4 is 23.6 Å². The minimum Gasteiger partial charge on any atom is -0.465 e. The van der Waals surface area contributed by atoms with Crippen LogP contribution in [0.3, 0.4) is 0 Å². The number of nitrogens with zero attached hydrogens (tertiary/aromatic N) is 2. The molecule has 0 radical (unpaired) electrons. The molecule has 1 N–H and O–H groups in total. The SMILES string of the molecule is CCOC(=O)[C@H](CC)Sc1nnc(CNC(=O)c2ccccc2)o1. The molecule has 2 rings (SSSR count). The maximum absolute atomic E-state index is 11.9. The fraction of sp³-hybridized carbons (Fsp3) is 0.375. The molecule has 0 bridgehead atoms. The number of hydrogen-bond donors (Lipinski definition) is 1. The van der Waals surface area contributed by atoms with Crippen molar-refractivity contribution in [2.75, 3.05) is 6.61 Å². The Balaban J connectivity index is 1.88. The second kappa shape index (κ2) is 9.07. The van der Waals surface area contributed by atoms with Crippen LogP contribution in [0.25, 0.3) is 0 Å². The Morgan fingerprint density at radius 3 is 2.67 bits per heavy atom. The van der Waals surface area contributed by atoms with Gasteiger partial charge in [0.25, 0.3) is 11.1 Å². The van der Waals surface area contributed by atoms with Crippen molar-refractivity contribution in [2.24, 2.45) is 0 Å². The number of amides is 1. The summed E-state index contributed by atoms with van der Waals surface area (Å²) in [6.45, 7) is 4.09. The zero-order valence-electron chi connectivity index (χ0n) is 13.5. The first-order valence-corrected chi connectivity index (χ1v) is 8.50. The van der Waals surface area contributed by atoms with E-state index in [0.717, 1.165) is 11.8 Å². The van der Waals surface area contributed by atoms with Crippen LogP contribution in [0.15, 0.2) is 40.0 Å². The molecule has 24 heavy (non-hydrogen) atoms. The summed E-state index contributed by atoms with van der Waals surface area (Å²) >= 11 is 1.16. The molecular weight excluding hydrogens is 330 g/mol. The highest BCUT2D eigenvalue weighted by Crippen LogP contribution is 2.25. The van der Waals surface area contributed by atoms with E-state index in [1.54, 1.807) is 31.2 Å². The first-order chi connectivity index (χ1) is 11.6. The van der Waals surface area contributed by atoms with E-state index in [1.807, 2.05) is 13.0 Å². The van der Waals surface area contributed by atoms with Gasteiger partial charge in [-0.3, -0.25) is 9.59 Å². The molecule has 1 amide bonds. The molecule has 1 heterocycles. The lowest BCUT2D eigenvalue weighted by molar-refractivity contribution is -0.142. The molecule has 0 aliphatic rings. The van der Waals surface area contributed by atoms with Crippen molar-refractivity contribution in [3.05, 3.63) is 41.8 Å². The van der Waals surface area contributed by atoms with Crippen molar-refractivity contribution in [1.29, 1.82) is 0 Å². The number of thioether (sulfide) groups is 1. The number of ether oxygens (including phenoxy) is 1. The standard InChI is InChI=1S/C16H19N3O4S/c1-3-12(15(21)22-4-2)24-16-19-18-13(23-16)10-17-14(20)11-8-6-5-7-9-11/h5-9,12H,3-4,10H2,1-2H3,(H,17,20)/t12-/m0/s1. The maximum atomic E-state index is 11.9. The third-order valence-electron chi connectivity index (χ3n) is 3.05. The van der Waals surface area contributed by atoms with Crippen LogP contribution in [0.1, 0.15) is 36.5 Å². The Morgan fingerprint density at radius 2 is 2.00 bits per heavy atom. The Labute approximate surface area is 144 Å². The predicted octanol–water partition coefficient (Wildman–Crippen LogP) is 2.43. The minimum absolute atomic E-state index is 0.123. The average Bonchev–Trinajstić information content (AvgIpc) is 3.06. The van der Waals surface area contributed by atoms with Crippen LogP contribution in [-0.4, -0.2) is 33.9 Å². The lowest BCUT2D eigenvalue weighted by Crippen LogP contribution is -2.22. The lowest BCUT2D eigenvalue weighted by Gasteiger charge is -2.09. The molecule has 0 spiro atoms. The van der Waals surface area contributed by atoms with Crippen molar-refractivity contribution < 1.29 is 18.7 Å². The Kier molecular flexibility index (Phi) is 6.80. The number of hydrogen-bond acceptors (Lipinski definition) is 7. The second-order valence-corrected chi connectivity index (χ2v) is 5.93. The van der Waals surface area contributed by atoms with Gasteiger partial charge in [0, 0.05) is 5.56 Å². The van der Waals surface area contributed by atoms with Crippen LogP contribution < -0.4 is 5.32 Å². The van der Waals surface area contributed by atoms with Gasteiger partial charge in [-0.05, 0) is 25.5 Å². The molecular formula is C16H19N3O4S. The van der Waals surface area contributed by atoms with Crippen LogP contribution in [-0.2, 0) is 16.1 Å². The molecule has 1 atom stereocenters. The fourth-order valence-electron chi connectivity index (χ4n) is 1.86. The van der Waals surface area contributed by atoms with Gasteiger partial charge >= 0.3 is 5.97 Å². The summed E-state index contributed by atoms with van der Waals surface area (Å²) in [5.74, 6) is -0.247. The third-order valence-corrected chi connectivity index (χ3v) is 4.22. The second-order valence-electron chi connectivity index (χ2n) is 4.78. The van der Waals surface area contributed by atoms with E-state index in [0.29, 0.717) is 18.6 Å². The van der Waals surface area contributed by atoms with Gasteiger partial charge in [-0.15, -0.1) is 10.2 Å². The molecule has 0 aliphatic carbocycles. The molecule has 7 nitrogen and oxygen atoms in total. The van der Waals surface area contributed by atoms with Gasteiger partial charge in [-0.25, -0.2) is 0 Å². The largest absolute Gasteiger partial charge is 0.465 e. The van der Waals surface area contributed by atoms with E-state index in [2.05, 4.69) is 15.5 Å². The van der Waals surface area contributed by atoms with E-state index >= 15 is 0 Å². The average molecular weight is 349 g/mol. The molecule has 8 heteroatoms. The molecule has 1 aromatic carbocycles. The molecule has 0 fully saturated rings. The van der Waals surface area contributed by atoms with Crippen molar-refractivity contribution in [3.8, 4) is 0 Å². The highest BCUT2D eigenvalue weighted by atomic mass is 32.2. The van der Waals surface area contributed by atoms with Crippen LogP contribution in [0.2, 0.25) is 0 Å². The lowest BCUT2D eigenvalue weighted by atomic mass is 10.2. The number of esters is 1. The molecule has 0 saturated heterocycles. The highest BCUT2D eigenvalue weighted by Gasteiger charge is 2.22. The van der Waals surface area contributed by atoms with Gasteiger partial charge in [0.1, 0.15) is 5.25 Å². The van der Waals surface area contributed by atoms with Crippen molar-refractivity contribution in [3.63, 3.8) is 0 Å². The normalized spacial score (nSPS) is 11.8. The van der Waals surface area contributed by atoms with E-state index in [1.165, 1.54) is 0 Å². The predicted molar refractivity (Wildman–Crippen MR) is 88.5 cm³/mol. The van der Waals surface area contributed by atoms with Crippen LogP contribution in [0, 0.1) is 0 Å². The van der Waals surface area contributed by atoms with Gasteiger partial charge in [-0.2, -0.15) is 0 Å². The number of rotatable bonds is 8. The number of nitrogens with one attached hydrogen (secondary N) is 1. The number of benzene rings is 1. The Morgan fingerprint density at radius 1 is 1.25 bits per heavy atom. The molecule has 2 aromatic rings. The summed E-state index contributed by atoms with van der Waals surface area (Å²) in [6.07, 6.45) is 0.589. The van der Waals surface area contributed by atoms with Gasteiger partial charge in [0.15, 0.2) is 0 Å². The maximum Gasteiger partial charge on any atom is 0.319 e. The smallest absolute Gasteiger partial charge is 0.319 e. The first-order valence-electron chi connectivity index (χ1n) is 7.63. The molecule has 1 aromatic heterocycles. The third kappa shape index (κ3) is 5.09. The van der Waals surface area contributed by atoms with E-state index < -0.39 is 5.25 Å². The molecule has 0 saturated carbocycles. The quantitative estimate of drug-likeness (QED) is 0.578. The topological polar surface area (TPSA) is 94.3 Å². The summed E-state index contributed by atoms with van der Waals surface area (Å²) in [5.41, 5.74) is 0.556. The zero-order valence-corrected chi connectivity index (χ0v) is 14.3. The molecule has 0 unspecified atom stereocenters. The van der Waals surface area contributed by atoms with E-state index in [4.69, 9.17) is 9.15 Å². The zero-order chi connectivity index (χ0) is 17.4. The summed E-state index contributed by atoms with van der Waals surface area (Å²) in [7, 11) is 0. The Bertz CT molecular complexity index is 675. The minimum atomic E-state index is -0.392. The summed E-state index contributed by atoms with van der Waals surface area (Å²) in [5, 5.41) is 10.3. The van der Waals surface area contributed by atoms with Crippen LogP contribution in [0.5, 0.6) is 0 Å². The molecule has 0 aliphatic heterocycles. The van der Waals surface area contributed by atoms with Gasteiger partial charge in [0.05, 0.1) is 13.2 Å². The van der Waals surface area contributed by atoms with Crippen LogP contribution in [0.4, 0.5) is 0 Å². The van der Waals surface area contributed by atoms with Crippen molar-refractivity contribution in [1.82, 2.24) is 15.5 Å². The van der Waals surface area contributed by atoms with Gasteiger partial charge in [-0.1, -0.05) is 36.9 Å². The van der Waals surface area contributed by atoms with Gasteiger partial charge < -0.3 is 14.5 Å². The number of aromatic nitrogens is 2.